The van der Waals surface area contributed by atoms with E-state index in [4.69, 9.17) is 0 Å². The third kappa shape index (κ3) is 4.56. The highest BCUT2D eigenvalue weighted by molar-refractivity contribution is 5.49. The van der Waals surface area contributed by atoms with Crippen molar-refractivity contribution in [3.8, 4) is 0 Å². The summed E-state index contributed by atoms with van der Waals surface area (Å²) in [6.45, 7) is 3.24. The Hall–Kier alpha value is -1.23. The molecule has 0 saturated heterocycles. The summed E-state index contributed by atoms with van der Waals surface area (Å²) in [5, 5.41) is 3.02. The molecule has 0 spiro atoms. The Kier molecular flexibility index (Phi) is 5.02. The van der Waals surface area contributed by atoms with Gasteiger partial charge in [-0.1, -0.05) is 6.92 Å². The van der Waals surface area contributed by atoms with Crippen LogP contribution in [0, 0.1) is 0 Å². The van der Waals surface area contributed by atoms with E-state index in [9.17, 15) is 13.2 Å². The third-order valence-corrected chi connectivity index (χ3v) is 2.62. The Bertz CT molecular complexity index is 386. The van der Waals surface area contributed by atoms with E-state index in [2.05, 4.69) is 5.32 Å². The second-order valence-electron chi connectivity index (χ2n) is 4.50. The maximum absolute atomic E-state index is 12.7. The first kappa shape index (κ1) is 14.8. The van der Waals surface area contributed by atoms with Gasteiger partial charge in [0.25, 0.3) is 0 Å². The van der Waals surface area contributed by atoms with Gasteiger partial charge in [-0.3, -0.25) is 0 Å². The molecule has 0 aliphatic carbocycles. The molecule has 0 aliphatic rings. The first-order chi connectivity index (χ1) is 8.32. The van der Waals surface area contributed by atoms with E-state index < -0.39 is 11.7 Å². The quantitative estimate of drug-likeness (QED) is 0.874. The van der Waals surface area contributed by atoms with Crippen LogP contribution in [0.2, 0.25) is 0 Å². The van der Waals surface area contributed by atoms with Gasteiger partial charge in [-0.2, -0.15) is 13.2 Å². The molecule has 1 aromatic carbocycles. The molecule has 0 amide bonds. The Morgan fingerprint density at radius 2 is 1.83 bits per heavy atom. The fourth-order valence-electron chi connectivity index (χ4n) is 1.59. The average Bonchev–Trinajstić information content (AvgIpc) is 2.27. The van der Waals surface area contributed by atoms with Crippen LogP contribution in [-0.2, 0) is 12.6 Å². The molecule has 0 aliphatic heterocycles. The largest absolute Gasteiger partial charge is 0.416 e. The van der Waals surface area contributed by atoms with Crippen molar-refractivity contribution in [1.82, 2.24) is 4.90 Å². The first-order valence-corrected chi connectivity index (χ1v) is 5.92. The number of benzene rings is 1. The maximum atomic E-state index is 12.7. The molecular weight excluding hydrogens is 241 g/mol. The molecule has 0 unspecified atom stereocenters. The lowest BCUT2D eigenvalue weighted by Crippen LogP contribution is -2.21. The molecule has 102 valence electrons. The molecule has 1 rings (SSSR count). The summed E-state index contributed by atoms with van der Waals surface area (Å²) in [5.74, 6) is 0. The highest BCUT2D eigenvalue weighted by atomic mass is 19.4. The van der Waals surface area contributed by atoms with Crippen LogP contribution in [-0.4, -0.2) is 32.1 Å². The monoisotopic (exact) mass is 260 g/mol. The van der Waals surface area contributed by atoms with Gasteiger partial charge in [0.05, 0.1) is 5.56 Å². The van der Waals surface area contributed by atoms with Gasteiger partial charge in [-0.25, -0.2) is 0 Å². The number of halogens is 3. The number of aryl methyl sites for hydroxylation is 1. The SMILES string of the molecule is CCc1cc(NCCN(C)C)cc(C(F)(F)F)c1. The lowest BCUT2D eigenvalue weighted by atomic mass is 10.1. The first-order valence-electron chi connectivity index (χ1n) is 5.92. The van der Waals surface area contributed by atoms with Gasteiger partial charge in [-0.05, 0) is 44.3 Å². The van der Waals surface area contributed by atoms with E-state index in [1.54, 1.807) is 6.07 Å². The van der Waals surface area contributed by atoms with Crippen molar-refractivity contribution in [2.75, 3.05) is 32.5 Å². The molecule has 1 N–H and O–H groups in total. The number of hydrogen-bond acceptors (Lipinski definition) is 2. The summed E-state index contributed by atoms with van der Waals surface area (Å²) in [7, 11) is 3.84. The molecule has 0 heterocycles. The molecule has 5 heteroatoms. The summed E-state index contributed by atoms with van der Waals surface area (Å²) < 4.78 is 38.1. The number of hydrogen-bond donors (Lipinski definition) is 1. The number of alkyl halides is 3. The standard InChI is InChI=1S/C13H19F3N2/c1-4-10-7-11(13(14,15)16)9-12(8-10)17-5-6-18(2)3/h7-9,17H,4-6H2,1-3H3. The number of nitrogens with one attached hydrogen (secondary N) is 1. The molecule has 1 aromatic rings. The molecule has 0 radical (unpaired) electrons. The second-order valence-corrected chi connectivity index (χ2v) is 4.50. The van der Waals surface area contributed by atoms with Gasteiger partial charge in [0.15, 0.2) is 0 Å². The normalized spacial score (nSPS) is 11.9. The van der Waals surface area contributed by atoms with E-state index in [0.717, 1.165) is 12.6 Å². The van der Waals surface area contributed by atoms with E-state index in [0.29, 0.717) is 24.2 Å². The van der Waals surface area contributed by atoms with Gasteiger partial charge in [0.1, 0.15) is 0 Å². The molecule has 0 atom stereocenters. The lowest BCUT2D eigenvalue weighted by molar-refractivity contribution is -0.137. The van der Waals surface area contributed by atoms with Crippen LogP contribution in [0.25, 0.3) is 0 Å². The van der Waals surface area contributed by atoms with Crippen LogP contribution in [0.15, 0.2) is 18.2 Å². The van der Waals surface area contributed by atoms with Crippen molar-refractivity contribution < 1.29 is 13.2 Å². The van der Waals surface area contributed by atoms with Crippen LogP contribution >= 0.6 is 0 Å². The highest BCUT2D eigenvalue weighted by Gasteiger charge is 2.31. The molecule has 0 saturated carbocycles. The number of anilines is 1. The Balaban J connectivity index is 2.84. The van der Waals surface area contributed by atoms with Crippen LogP contribution in [0.5, 0.6) is 0 Å². The zero-order valence-electron chi connectivity index (χ0n) is 10.9. The second kappa shape index (κ2) is 6.09. The maximum Gasteiger partial charge on any atom is 0.416 e. The van der Waals surface area contributed by atoms with E-state index >= 15 is 0 Å². The summed E-state index contributed by atoms with van der Waals surface area (Å²) in [4.78, 5) is 1.97. The predicted molar refractivity (Wildman–Crippen MR) is 67.9 cm³/mol. The van der Waals surface area contributed by atoms with Crippen molar-refractivity contribution >= 4 is 5.69 Å². The van der Waals surface area contributed by atoms with Crippen LogP contribution < -0.4 is 5.32 Å². The van der Waals surface area contributed by atoms with Crippen molar-refractivity contribution in [2.24, 2.45) is 0 Å². The summed E-state index contributed by atoms with van der Waals surface area (Å²) in [6, 6.07) is 4.14. The molecule has 0 bridgehead atoms. The molecule has 0 fully saturated rings. The zero-order valence-corrected chi connectivity index (χ0v) is 10.9. The van der Waals surface area contributed by atoms with Gasteiger partial charge in [0.2, 0.25) is 0 Å². The topological polar surface area (TPSA) is 15.3 Å². The van der Waals surface area contributed by atoms with Gasteiger partial charge < -0.3 is 10.2 Å². The third-order valence-electron chi connectivity index (χ3n) is 2.62. The van der Waals surface area contributed by atoms with E-state index in [-0.39, 0.29) is 0 Å². The molecular formula is C13H19F3N2. The smallest absolute Gasteiger partial charge is 0.384 e. The number of likely N-dealkylation sites (N-methyl/N-ethyl adjacent to an activating group) is 1. The Morgan fingerprint density at radius 3 is 2.33 bits per heavy atom. The van der Waals surface area contributed by atoms with Gasteiger partial charge in [0, 0.05) is 18.8 Å². The van der Waals surface area contributed by atoms with Gasteiger partial charge >= 0.3 is 6.18 Å². The summed E-state index contributed by atoms with van der Waals surface area (Å²) >= 11 is 0. The van der Waals surface area contributed by atoms with Crippen LogP contribution in [0.4, 0.5) is 18.9 Å². The number of rotatable bonds is 5. The highest BCUT2D eigenvalue weighted by Crippen LogP contribution is 2.32. The zero-order chi connectivity index (χ0) is 13.8. The van der Waals surface area contributed by atoms with Crippen LogP contribution in [0.1, 0.15) is 18.1 Å². The minimum Gasteiger partial charge on any atom is -0.384 e. The van der Waals surface area contributed by atoms with Crippen molar-refractivity contribution in [2.45, 2.75) is 19.5 Å². The Morgan fingerprint density at radius 1 is 1.17 bits per heavy atom. The summed E-state index contributed by atoms with van der Waals surface area (Å²) in [5.41, 5.74) is 0.634. The van der Waals surface area contributed by atoms with E-state index in [1.165, 1.54) is 6.07 Å². The van der Waals surface area contributed by atoms with Crippen molar-refractivity contribution in [3.05, 3.63) is 29.3 Å². The van der Waals surface area contributed by atoms with Crippen molar-refractivity contribution in [1.29, 1.82) is 0 Å². The minimum absolute atomic E-state index is 0.531. The fraction of sp³-hybridized carbons (Fsp3) is 0.538. The van der Waals surface area contributed by atoms with E-state index in [1.807, 2.05) is 25.9 Å². The Labute approximate surface area is 106 Å². The molecule has 2 nitrogen and oxygen atoms in total. The predicted octanol–water partition coefficient (Wildman–Crippen LogP) is 3.24. The fourth-order valence-corrected chi connectivity index (χ4v) is 1.59. The average molecular weight is 260 g/mol. The van der Waals surface area contributed by atoms with Crippen LogP contribution in [0.3, 0.4) is 0 Å². The summed E-state index contributed by atoms with van der Waals surface area (Å²) in [6.07, 6.45) is -3.70. The molecule has 0 aromatic heterocycles. The number of nitrogens with zero attached hydrogens (tertiary/aromatic N) is 1. The van der Waals surface area contributed by atoms with Gasteiger partial charge in [-0.15, -0.1) is 0 Å². The molecule has 18 heavy (non-hydrogen) atoms. The minimum atomic E-state index is -4.29. The lowest BCUT2D eigenvalue weighted by Gasteiger charge is -2.14. The van der Waals surface area contributed by atoms with Crippen molar-refractivity contribution in [3.63, 3.8) is 0 Å².